The van der Waals surface area contributed by atoms with Gasteiger partial charge in [-0.1, -0.05) is 6.07 Å². The van der Waals surface area contributed by atoms with E-state index >= 15 is 0 Å². The van der Waals surface area contributed by atoms with E-state index in [-0.39, 0.29) is 12.2 Å². The molecule has 1 aromatic heterocycles. The van der Waals surface area contributed by atoms with E-state index in [1.807, 2.05) is 6.07 Å². The molecule has 2 aliphatic rings. The molecule has 0 radical (unpaired) electrons. The van der Waals surface area contributed by atoms with Crippen LogP contribution in [0.3, 0.4) is 0 Å². The number of benzene rings is 1. The summed E-state index contributed by atoms with van der Waals surface area (Å²) < 4.78 is 6.55. The van der Waals surface area contributed by atoms with Gasteiger partial charge in [-0.15, -0.1) is 0 Å². The topological polar surface area (TPSA) is 117 Å². The van der Waals surface area contributed by atoms with Crippen LogP contribution in [0.2, 0.25) is 0 Å². The molecule has 144 valence electrons. The Labute approximate surface area is 161 Å². The van der Waals surface area contributed by atoms with Crippen LogP contribution in [0.15, 0.2) is 18.6 Å². The van der Waals surface area contributed by atoms with Crippen LogP contribution in [0.1, 0.15) is 40.8 Å². The van der Waals surface area contributed by atoms with E-state index in [0.717, 1.165) is 55.3 Å². The molecule has 0 bridgehead atoms. The van der Waals surface area contributed by atoms with Crippen molar-refractivity contribution in [1.29, 1.82) is 5.26 Å². The number of anilines is 1. The molecular weight excluding hydrogens is 360 g/mol. The Hall–Kier alpha value is -3.34. The summed E-state index contributed by atoms with van der Waals surface area (Å²) in [6.45, 7) is -0.184. The first kappa shape index (κ1) is 18.0. The summed E-state index contributed by atoms with van der Waals surface area (Å²) in [7, 11) is 0. The summed E-state index contributed by atoms with van der Waals surface area (Å²) in [5.74, 6) is -1.28. The summed E-state index contributed by atoms with van der Waals surface area (Å²) in [6, 6.07) is 4.17. The maximum Gasteiger partial charge on any atom is 0.412 e. The average Bonchev–Trinajstić information content (AvgIpc) is 3.40. The number of fused-ring (bicyclic) bond motifs is 2. The fraction of sp³-hybridized carbons (Fsp3) is 0.400. The number of nitrogens with zero attached hydrogens (tertiary/aromatic N) is 3. The molecule has 8 heteroatoms. The number of carboxylic acids is 1. The minimum absolute atomic E-state index is 0.184. The van der Waals surface area contributed by atoms with E-state index in [1.165, 1.54) is 28.2 Å². The van der Waals surface area contributed by atoms with Gasteiger partial charge in [0.25, 0.3) is 0 Å². The Bertz CT molecular complexity index is 957. The second-order valence-corrected chi connectivity index (χ2v) is 7.13. The van der Waals surface area contributed by atoms with Crippen molar-refractivity contribution in [3.63, 3.8) is 0 Å². The van der Waals surface area contributed by atoms with E-state index in [4.69, 9.17) is 10.00 Å². The van der Waals surface area contributed by atoms with Crippen LogP contribution in [0.4, 0.5) is 10.5 Å². The predicted octanol–water partition coefficient (Wildman–Crippen LogP) is 2.43. The van der Waals surface area contributed by atoms with Gasteiger partial charge in [-0.05, 0) is 60.8 Å². The van der Waals surface area contributed by atoms with Gasteiger partial charge < -0.3 is 14.4 Å². The van der Waals surface area contributed by atoms with Crippen molar-refractivity contribution in [2.75, 3.05) is 5.32 Å². The molecule has 2 aliphatic carbocycles. The number of nitriles is 1. The SMILES string of the molecule is N#Cc1cncn1CC(OC(=O)Nc1c2c(cc3c1CCC3)CCC2)C(=O)O. The van der Waals surface area contributed by atoms with Gasteiger partial charge in [0.05, 0.1) is 24.8 Å². The number of hydrogen-bond donors (Lipinski definition) is 2. The number of carbonyl (C=O) groups excluding carboxylic acids is 1. The first-order valence-electron chi connectivity index (χ1n) is 9.34. The Kier molecular flexibility index (Phi) is 4.74. The smallest absolute Gasteiger partial charge is 0.412 e. The van der Waals surface area contributed by atoms with Gasteiger partial charge in [0.1, 0.15) is 11.8 Å². The minimum atomic E-state index is -1.42. The molecule has 0 saturated carbocycles. The number of aromatic nitrogens is 2. The second-order valence-electron chi connectivity index (χ2n) is 7.13. The zero-order valence-corrected chi connectivity index (χ0v) is 15.3. The molecule has 1 unspecified atom stereocenters. The number of ether oxygens (including phenoxy) is 1. The minimum Gasteiger partial charge on any atom is -0.478 e. The van der Waals surface area contributed by atoms with Crippen LogP contribution in [0.25, 0.3) is 0 Å². The molecule has 0 fully saturated rings. The lowest BCUT2D eigenvalue weighted by Crippen LogP contribution is -2.33. The van der Waals surface area contributed by atoms with E-state index in [9.17, 15) is 14.7 Å². The first-order valence-corrected chi connectivity index (χ1v) is 9.34. The number of rotatable bonds is 5. The Morgan fingerprint density at radius 2 is 1.93 bits per heavy atom. The van der Waals surface area contributed by atoms with Gasteiger partial charge in [0.2, 0.25) is 6.10 Å². The van der Waals surface area contributed by atoms with Gasteiger partial charge in [-0.2, -0.15) is 5.26 Å². The molecule has 4 rings (SSSR count). The highest BCUT2D eigenvalue weighted by molar-refractivity contribution is 5.90. The van der Waals surface area contributed by atoms with Crippen molar-refractivity contribution in [3.05, 3.63) is 46.5 Å². The number of aryl methyl sites for hydroxylation is 2. The average molecular weight is 380 g/mol. The molecule has 1 atom stereocenters. The standard InChI is InChI=1S/C20H20N4O4/c21-8-14-9-22-11-24(14)10-17(19(25)26)28-20(27)23-18-15-5-1-3-12(15)7-13-4-2-6-16(13)18/h7,9,11,17H,1-6,10H2,(H,23,27)(H,25,26). The second kappa shape index (κ2) is 7.35. The van der Waals surface area contributed by atoms with Crippen LogP contribution in [-0.2, 0) is 41.8 Å². The van der Waals surface area contributed by atoms with Crippen molar-refractivity contribution in [1.82, 2.24) is 9.55 Å². The third kappa shape index (κ3) is 3.31. The van der Waals surface area contributed by atoms with Crippen molar-refractivity contribution >= 4 is 17.7 Å². The number of amides is 1. The van der Waals surface area contributed by atoms with Gasteiger partial charge in [0.15, 0.2) is 0 Å². The molecular formula is C20H20N4O4. The molecule has 28 heavy (non-hydrogen) atoms. The van der Waals surface area contributed by atoms with Crippen LogP contribution < -0.4 is 5.32 Å². The normalized spacial score (nSPS) is 15.4. The molecule has 2 N–H and O–H groups in total. The van der Waals surface area contributed by atoms with E-state index in [2.05, 4.69) is 16.4 Å². The third-order valence-electron chi connectivity index (χ3n) is 5.41. The summed E-state index contributed by atoms with van der Waals surface area (Å²) in [5, 5.41) is 21.3. The number of carboxylic acid groups (broad SMARTS) is 1. The van der Waals surface area contributed by atoms with E-state index < -0.39 is 18.2 Å². The van der Waals surface area contributed by atoms with Crippen LogP contribution in [0, 0.1) is 11.3 Å². The first-order chi connectivity index (χ1) is 13.6. The number of imidazole rings is 1. The molecule has 0 saturated heterocycles. The lowest BCUT2D eigenvalue weighted by molar-refractivity contribution is -0.147. The van der Waals surface area contributed by atoms with Crippen LogP contribution >= 0.6 is 0 Å². The number of nitrogens with one attached hydrogen (secondary N) is 1. The van der Waals surface area contributed by atoms with Crippen molar-refractivity contribution in [3.8, 4) is 6.07 Å². The van der Waals surface area contributed by atoms with E-state index in [0.29, 0.717) is 0 Å². The summed E-state index contributed by atoms with van der Waals surface area (Å²) >= 11 is 0. The Balaban J connectivity index is 1.53. The molecule has 2 aromatic rings. The van der Waals surface area contributed by atoms with Crippen molar-refractivity contribution in [2.45, 2.75) is 51.2 Å². The fourth-order valence-electron chi connectivity index (χ4n) is 4.13. The van der Waals surface area contributed by atoms with Crippen molar-refractivity contribution in [2.24, 2.45) is 0 Å². The molecule has 1 heterocycles. The zero-order valence-electron chi connectivity index (χ0n) is 15.3. The molecule has 8 nitrogen and oxygen atoms in total. The van der Waals surface area contributed by atoms with Gasteiger partial charge in [-0.3, -0.25) is 5.32 Å². The summed E-state index contributed by atoms with van der Waals surface area (Å²) in [6.07, 6.45) is 6.37. The van der Waals surface area contributed by atoms with Gasteiger partial charge in [-0.25, -0.2) is 14.6 Å². The number of hydrogen-bond acceptors (Lipinski definition) is 5. The molecule has 1 aromatic carbocycles. The van der Waals surface area contributed by atoms with Gasteiger partial charge in [0, 0.05) is 0 Å². The molecule has 0 aliphatic heterocycles. The van der Waals surface area contributed by atoms with Crippen LogP contribution in [0.5, 0.6) is 0 Å². The lowest BCUT2D eigenvalue weighted by Gasteiger charge is -2.18. The monoisotopic (exact) mass is 380 g/mol. The highest BCUT2D eigenvalue weighted by Crippen LogP contribution is 2.38. The highest BCUT2D eigenvalue weighted by atomic mass is 16.6. The maximum absolute atomic E-state index is 12.5. The van der Waals surface area contributed by atoms with E-state index in [1.54, 1.807) is 0 Å². The number of carbonyl (C=O) groups is 2. The number of aliphatic carboxylic acids is 1. The largest absolute Gasteiger partial charge is 0.478 e. The maximum atomic E-state index is 12.5. The summed E-state index contributed by atoms with van der Waals surface area (Å²) in [4.78, 5) is 27.9. The highest BCUT2D eigenvalue weighted by Gasteiger charge is 2.28. The predicted molar refractivity (Wildman–Crippen MR) is 99.0 cm³/mol. The third-order valence-corrected chi connectivity index (χ3v) is 5.41. The zero-order chi connectivity index (χ0) is 19.7. The Morgan fingerprint density at radius 1 is 1.25 bits per heavy atom. The molecule has 0 spiro atoms. The van der Waals surface area contributed by atoms with Crippen molar-refractivity contribution < 1.29 is 19.4 Å². The Morgan fingerprint density at radius 3 is 2.54 bits per heavy atom. The summed E-state index contributed by atoms with van der Waals surface area (Å²) in [5.41, 5.74) is 5.83. The van der Waals surface area contributed by atoms with Crippen LogP contribution in [-0.4, -0.2) is 32.8 Å². The lowest BCUT2D eigenvalue weighted by atomic mass is 9.99. The fourth-order valence-corrected chi connectivity index (χ4v) is 4.13. The quantitative estimate of drug-likeness (QED) is 0.823. The van der Waals surface area contributed by atoms with Gasteiger partial charge >= 0.3 is 12.1 Å². The molecule has 1 amide bonds.